The standard InChI is InChI=1S/C19H25NO2/c1-4-11-22-14-17-7-9-20(10-8-17)19(21)13-18-6-5-15(2)16(3)12-18/h1,5-6,12,17H,7-11,13-14H2,2-3H3. The van der Waals surface area contributed by atoms with Gasteiger partial charge in [0, 0.05) is 13.1 Å². The maximum absolute atomic E-state index is 12.4. The summed E-state index contributed by atoms with van der Waals surface area (Å²) < 4.78 is 5.40. The van der Waals surface area contributed by atoms with Crippen LogP contribution in [-0.4, -0.2) is 37.1 Å². The Labute approximate surface area is 133 Å². The Morgan fingerprint density at radius 3 is 2.68 bits per heavy atom. The van der Waals surface area contributed by atoms with Crippen molar-refractivity contribution in [3.8, 4) is 12.3 Å². The Morgan fingerprint density at radius 2 is 2.05 bits per heavy atom. The number of rotatable bonds is 5. The van der Waals surface area contributed by atoms with Gasteiger partial charge in [0.25, 0.3) is 0 Å². The third-order valence-electron chi connectivity index (χ3n) is 4.43. The molecule has 0 N–H and O–H groups in total. The molecule has 0 aliphatic carbocycles. The van der Waals surface area contributed by atoms with Crippen molar-refractivity contribution in [1.29, 1.82) is 0 Å². The van der Waals surface area contributed by atoms with Gasteiger partial charge in [0.15, 0.2) is 0 Å². The number of piperidine rings is 1. The van der Waals surface area contributed by atoms with Gasteiger partial charge in [-0.2, -0.15) is 0 Å². The summed E-state index contributed by atoms with van der Waals surface area (Å²) in [6.45, 7) is 6.93. The summed E-state index contributed by atoms with van der Waals surface area (Å²) in [5.41, 5.74) is 3.62. The van der Waals surface area contributed by atoms with Crippen molar-refractivity contribution in [2.75, 3.05) is 26.3 Å². The van der Waals surface area contributed by atoms with Crippen LogP contribution in [0, 0.1) is 32.1 Å². The van der Waals surface area contributed by atoms with Crippen LogP contribution in [0.2, 0.25) is 0 Å². The van der Waals surface area contributed by atoms with E-state index in [0.29, 0.717) is 25.6 Å². The molecule has 0 spiro atoms. The fraction of sp³-hybridized carbons (Fsp3) is 0.526. The number of carbonyl (C=O) groups is 1. The van der Waals surface area contributed by atoms with E-state index in [1.807, 2.05) is 4.90 Å². The van der Waals surface area contributed by atoms with Crippen LogP contribution in [0.5, 0.6) is 0 Å². The summed E-state index contributed by atoms with van der Waals surface area (Å²) >= 11 is 0. The Hall–Kier alpha value is -1.79. The second-order valence-corrected chi connectivity index (χ2v) is 6.14. The lowest BCUT2D eigenvalue weighted by Gasteiger charge is -2.32. The number of likely N-dealkylation sites (tertiary alicyclic amines) is 1. The van der Waals surface area contributed by atoms with Crippen molar-refractivity contribution in [3.05, 3.63) is 34.9 Å². The number of carbonyl (C=O) groups excluding carboxylic acids is 1. The van der Waals surface area contributed by atoms with Gasteiger partial charge in [-0.25, -0.2) is 0 Å². The van der Waals surface area contributed by atoms with Crippen LogP contribution in [0.25, 0.3) is 0 Å². The summed E-state index contributed by atoms with van der Waals surface area (Å²) in [5.74, 6) is 3.24. The maximum atomic E-state index is 12.4. The number of nitrogens with zero attached hydrogens (tertiary/aromatic N) is 1. The molecule has 3 nitrogen and oxygen atoms in total. The molecule has 0 aromatic heterocycles. The smallest absolute Gasteiger partial charge is 0.226 e. The van der Waals surface area contributed by atoms with Crippen LogP contribution in [0.1, 0.15) is 29.5 Å². The lowest BCUT2D eigenvalue weighted by atomic mass is 9.97. The first-order valence-electron chi connectivity index (χ1n) is 7.95. The van der Waals surface area contributed by atoms with E-state index in [-0.39, 0.29) is 5.91 Å². The van der Waals surface area contributed by atoms with Crippen LogP contribution in [-0.2, 0) is 16.0 Å². The summed E-state index contributed by atoms with van der Waals surface area (Å²) in [5, 5.41) is 0. The molecule has 2 rings (SSSR count). The largest absolute Gasteiger partial charge is 0.369 e. The van der Waals surface area contributed by atoms with Crippen LogP contribution in [0.4, 0.5) is 0 Å². The van der Waals surface area contributed by atoms with Gasteiger partial charge in [0.2, 0.25) is 5.91 Å². The van der Waals surface area contributed by atoms with E-state index in [1.54, 1.807) is 0 Å². The average molecular weight is 299 g/mol. The normalized spacial score (nSPS) is 15.6. The zero-order valence-corrected chi connectivity index (χ0v) is 13.6. The highest BCUT2D eigenvalue weighted by Crippen LogP contribution is 2.19. The first-order valence-corrected chi connectivity index (χ1v) is 7.95. The molecule has 118 valence electrons. The molecule has 1 aromatic carbocycles. The van der Waals surface area contributed by atoms with Gasteiger partial charge in [-0.05, 0) is 49.3 Å². The highest BCUT2D eigenvalue weighted by atomic mass is 16.5. The maximum Gasteiger partial charge on any atom is 0.226 e. The number of amides is 1. The number of aryl methyl sites for hydroxylation is 2. The molecule has 1 aliphatic rings. The van der Waals surface area contributed by atoms with Gasteiger partial charge >= 0.3 is 0 Å². The molecule has 0 bridgehead atoms. The minimum atomic E-state index is 0.228. The predicted molar refractivity (Wildman–Crippen MR) is 88.6 cm³/mol. The monoisotopic (exact) mass is 299 g/mol. The molecular weight excluding hydrogens is 274 g/mol. The Kier molecular flexibility index (Phi) is 6.03. The second kappa shape index (κ2) is 8.00. The van der Waals surface area contributed by atoms with Crippen molar-refractivity contribution in [2.45, 2.75) is 33.1 Å². The molecule has 1 heterocycles. The lowest BCUT2D eigenvalue weighted by molar-refractivity contribution is -0.132. The van der Waals surface area contributed by atoms with Gasteiger partial charge < -0.3 is 9.64 Å². The van der Waals surface area contributed by atoms with Crippen LogP contribution < -0.4 is 0 Å². The molecule has 0 atom stereocenters. The Morgan fingerprint density at radius 1 is 1.32 bits per heavy atom. The van der Waals surface area contributed by atoms with E-state index in [9.17, 15) is 4.79 Å². The molecule has 0 radical (unpaired) electrons. The molecule has 1 amide bonds. The van der Waals surface area contributed by atoms with Crippen molar-refractivity contribution in [1.82, 2.24) is 4.90 Å². The molecule has 22 heavy (non-hydrogen) atoms. The number of hydrogen-bond acceptors (Lipinski definition) is 2. The molecule has 1 aliphatic heterocycles. The summed E-state index contributed by atoms with van der Waals surface area (Å²) in [6.07, 6.45) is 7.68. The molecule has 3 heteroatoms. The second-order valence-electron chi connectivity index (χ2n) is 6.14. The van der Waals surface area contributed by atoms with Gasteiger partial charge in [-0.15, -0.1) is 6.42 Å². The minimum Gasteiger partial charge on any atom is -0.369 e. The zero-order valence-electron chi connectivity index (χ0n) is 13.6. The van der Waals surface area contributed by atoms with Crippen molar-refractivity contribution in [3.63, 3.8) is 0 Å². The topological polar surface area (TPSA) is 29.5 Å². The molecular formula is C19H25NO2. The highest BCUT2D eigenvalue weighted by molar-refractivity contribution is 5.79. The predicted octanol–water partition coefficient (Wildman–Crippen LogP) is 2.73. The average Bonchev–Trinajstić information content (AvgIpc) is 2.52. The fourth-order valence-electron chi connectivity index (χ4n) is 2.83. The molecule has 0 saturated carbocycles. The summed E-state index contributed by atoms with van der Waals surface area (Å²) in [4.78, 5) is 14.4. The van der Waals surface area contributed by atoms with E-state index in [4.69, 9.17) is 11.2 Å². The van der Waals surface area contributed by atoms with E-state index >= 15 is 0 Å². The van der Waals surface area contributed by atoms with Crippen molar-refractivity contribution >= 4 is 5.91 Å². The number of benzene rings is 1. The van der Waals surface area contributed by atoms with Crippen molar-refractivity contribution < 1.29 is 9.53 Å². The molecule has 1 fully saturated rings. The van der Waals surface area contributed by atoms with E-state index in [2.05, 4.69) is 38.0 Å². The van der Waals surface area contributed by atoms with Gasteiger partial charge in [-0.3, -0.25) is 4.79 Å². The summed E-state index contributed by atoms with van der Waals surface area (Å²) in [6, 6.07) is 6.27. The quantitative estimate of drug-likeness (QED) is 0.618. The van der Waals surface area contributed by atoms with E-state index in [0.717, 1.165) is 31.5 Å². The van der Waals surface area contributed by atoms with Gasteiger partial charge in [0.05, 0.1) is 13.0 Å². The lowest BCUT2D eigenvalue weighted by Crippen LogP contribution is -2.40. The van der Waals surface area contributed by atoms with E-state index in [1.165, 1.54) is 11.1 Å². The first-order chi connectivity index (χ1) is 10.6. The first kappa shape index (κ1) is 16.6. The summed E-state index contributed by atoms with van der Waals surface area (Å²) in [7, 11) is 0. The SMILES string of the molecule is C#CCOCC1CCN(C(=O)Cc2ccc(C)c(C)c2)CC1. The molecule has 1 aromatic rings. The van der Waals surface area contributed by atoms with Crippen LogP contribution in [0.3, 0.4) is 0 Å². The van der Waals surface area contributed by atoms with Gasteiger partial charge in [0.1, 0.15) is 6.61 Å². The number of ether oxygens (including phenoxy) is 1. The van der Waals surface area contributed by atoms with Crippen LogP contribution >= 0.6 is 0 Å². The molecule has 0 unspecified atom stereocenters. The minimum absolute atomic E-state index is 0.228. The fourth-order valence-corrected chi connectivity index (χ4v) is 2.83. The third-order valence-corrected chi connectivity index (χ3v) is 4.43. The number of terminal acetylenes is 1. The van der Waals surface area contributed by atoms with Crippen LogP contribution in [0.15, 0.2) is 18.2 Å². The van der Waals surface area contributed by atoms with Crippen molar-refractivity contribution in [2.24, 2.45) is 5.92 Å². The zero-order chi connectivity index (χ0) is 15.9. The van der Waals surface area contributed by atoms with E-state index < -0.39 is 0 Å². The highest BCUT2D eigenvalue weighted by Gasteiger charge is 2.22. The Balaban J connectivity index is 1.80. The number of hydrogen-bond donors (Lipinski definition) is 0. The third kappa shape index (κ3) is 4.61. The van der Waals surface area contributed by atoms with Gasteiger partial charge in [-0.1, -0.05) is 24.1 Å². The Bertz CT molecular complexity index is 551. The molecule has 1 saturated heterocycles.